The van der Waals surface area contributed by atoms with E-state index in [2.05, 4.69) is 10.3 Å². The van der Waals surface area contributed by atoms with E-state index in [9.17, 15) is 28.1 Å². The molecular weight excluding hydrogens is 441 g/mol. The maximum atomic E-state index is 13.5. The number of anilines is 1. The van der Waals surface area contributed by atoms with Crippen LogP contribution in [0.2, 0.25) is 0 Å². The summed E-state index contributed by atoms with van der Waals surface area (Å²) < 4.78 is 45.9. The summed E-state index contributed by atoms with van der Waals surface area (Å²) in [6.45, 7) is 6.70. The number of halogens is 3. The highest BCUT2D eigenvalue weighted by Gasteiger charge is 2.43. The Hall–Kier alpha value is -3.11. The number of carbonyl (C=O) groups is 1. The van der Waals surface area contributed by atoms with E-state index in [1.807, 2.05) is 0 Å². The average molecular weight is 468 g/mol. The standard InChI is InChI=1S/C22H27F3N4O4/c1-21(2,3)33-20(30)28-12-9-14(10-13-28)8-11-26-17-15-6-4-5-7-16(15)27-19(22(23,24)25)18(17)29(31)32/h4-7,14H,8-13H2,1-3H3,(H,26,27). The van der Waals surface area contributed by atoms with Gasteiger partial charge in [0.05, 0.1) is 10.4 Å². The second-order valence-corrected chi connectivity index (χ2v) is 9.08. The molecule has 1 aromatic heterocycles. The van der Waals surface area contributed by atoms with Gasteiger partial charge in [-0.15, -0.1) is 0 Å². The van der Waals surface area contributed by atoms with Gasteiger partial charge in [0.25, 0.3) is 0 Å². The Kier molecular flexibility index (Phi) is 6.99. The van der Waals surface area contributed by atoms with E-state index in [0.29, 0.717) is 32.4 Å². The summed E-state index contributed by atoms with van der Waals surface area (Å²) in [6, 6.07) is 6.03. The molecule has 1 N–H and O–H groups in total. The molecule has 1 fully saturated rings. The molecule has 8 nitrogen and oxygen atoms in total. The van der Waals surface area contributed by atoms with Crippen molar-refractivity contribution in [2.45, 2.75) is 51.8 Å². The number of ether oxygens (including phenoxy) is 1. The van der Waals surface area contributed by atoms with Crippen LogP contribution >= 0.6 is 0 Å². The average Bonchev–Trinajstić information content (AvgIpc) is 2.71. The summed E-state index contributed by atoms with van der Waals surface area (Å²) in [7, 11) is 0. The van der Waals surface area contributed by atoms with Crippen LogP contribution in [-0.2, 0) is 10.9 Å². The molecule has 1 amide bonds. The fourth-order valence-corrected chi connectivity index (χ4v) is 3.89. The number of piperidine rings is 1. The molecule has 33 heavy (non-hydrogen) atoms. The molecule has 0 bridgehead atoms. The summed E-state index contributed by atoms with van der Waals surface area (Å²) in [4.78, 5) is 27.9. The quantitative estimate of drug-likeness (QED) is 0.452. The molecule has 1 aliphatic heterocycles. The number of hydrogen-bond acceptors (Lipinski definition) is 6. The SMILES string of the molecule is CC(C)(C)OC(=O)N1CCC(CCNc2c([N+](=O)[O-])c(C(F)(F)F)nc3ccccc23)CC1. The number of nitrogens with one attached hydrogen (secondary N) is 1. The minimum atomic E-state index is -4.96. The number of hydrogen-bond donors (Lipinski definition) is 1. The third-order valence-electron chi connectivity index (χ3n) is 5.44. The summed E-state index contributed by atoms with van der Waals surface area (Å²) >= 11 is 0. The van der Waals surface area contributed by atoms with Gasteiger partial charge in [-0.25, -0.2) is 9.78 Å². The van der Waals surface area contributed by atoms with Gasteiger partial charge in [-0.1, -0.05) is 18.2 Å². The summed E-state index contributed by atoms with van der Waals surface area (Å²) in [5, 5.41) is 14.7. The van der Waals surface area contributed by atoms with Crippen LogP contribution in [0.3, 0.4) is 0 Å². The molecule has 2 aromatic rings. The monoisotopic (exact) mass is 468 g/mol. The Morgan fingerprint density at radius 3 is 2.45 bits per heavy atom. The van der Waals surface area contributed by atoms with Crippen molar-refractivity contribution in [2.75, 3.05) is 25.0 Å². The zero-order valence-electron chi connectivity index (χ0n) is 18.7. The van der Waals surface area contributed by atoms with Gasteiger partial charge < -0.3 is 15.0 Å². The number of likely N-dealkylation sites (tertiary alicyclic amines) is 1. The minimum absolute atomic E-state index is 0.0311. The molecule has 3 rings (SSSR count). The van der Waals surface area contributed by atoms with Crippen molar-refractivity contribution < 1.29 is 27.6 Å². The lowest BCUT2D eigenvalue weighted by molar-refractivity contribution is -0.387. The number of amides is 1. The van der Waals surface area contributed by atoms with Crippen LogP contribution in [0.15, 0.2) is 24.3 Å². The van der Waals surface area contributed by atoms with Gasteiger partial charge >= 0.3 is 18.0 Å². The van der Waals surface area contributed by atoms with Crippen molar-refractivity contribution in [1.82, 2.24) is 9.88 Å². The Balaban J connectivity index is 1.70. The lowest BCUT2D eigenvalue weighted by Crippen LogP contribution is -2.41. The van der Waals surface area contributed by atoms with E-state index in [1.165, 1.54) is 18.2 Å². The Morgan fingerprint density at radius 1 is 1.24 bits per heavy atom. The number of pyridine rings is 1. The highest BCUT2D eigenvalue weighted by molar-refractivity contribution is 5.96. The first kappa shape index (κ1) is 24.5. The fraction of sp³-hybridized carbons (Fsp3) is 0.545. The minimum Gasteiger partial charge on any atom is -0.444 e. The van der Waals surface area contributed by atoms with Gasteiger partial charge in [0.15, 0.2) is 0 Å². The Morgan fingerprint density at radius 2 is 1.88 bits per heavy atom. The molecule has 0 unspecified atom stereocenters. The third kappa shape index (κ3) is 6.02. The number of nitrogens with zero attached hydrogens (tertiary/aromatic N) is 3. The lowest BCUT2D eigenvalue weighted by atomic mass is 9.93. The molecule has 0 radical (unpaired) electrons. The Labute approximate surface area is 189 Å². The summed E-state index contributed by atoms with van der Waals surface area (Å²) in [5.74, 6) is 0.227. The number of rotatable bonds is 5. The second kappa shape index (κ2) is 9.40. The van der Waals surface area contributed by atoms with Crippen LogP contribution in [0.5, 0.6) is 0 Å². The predicted molar refractivity (Wildman–Crippen MR) is 117 cm³/mol. The summed E-state index contributed by atoms with van der Waals surface area (Å²) in [6.07, 6.45) is -3.30. The van der Waals surface area contributed by atoms with Crippen molar-refractivity contribution in [3.05, 3.63) is 40.1 Å². The van der Waals surface area contributed by atoms with Crippen molar-refractivity contribution in [3.63, 3.8) is 0 Å². The molecule has 180 valence electrons. The predicted octanol–water partition coefficient (Wildman–Crippen LogP) is 5.61. The molecular formula is C22H27F3N4O4. The maximum absolute atomic E-state index is 13.5. The molecule has 1 saturated heterocycles. The van der Waals surface area contributed by atoms with Crippen LogP contribution in [0.1, 0.15) is 45.7 Å². The van der Waals surface area contributed by atoms with Crippen LogP contribution in [0, 0.1) is 16.0 Å². The molecule has 0 spiro atoms. The van der Waals surface area contributed by atoms with Gasteiger partial charge in [0, 0.05) is 25.0 Å². The molecule has 0 atom stereocenters. The van der Waals surface area contributed by atoms with E-state index in [-0.39, 0.29) is 35.1 Å². The zero-order chi connectivity index (χ0) is 24.4. The first-order valence-electron chi connectivity index (χ1n) is 10.7. The molecule has 0 saturated carbocycles. The fourth-order valence-electron chi connectivity index (χ4n) is 3.89. The van der Waals surface area contributed by atoms with E-state index < -0.39 is 28.1 Å². The number of benzene rings is 1. The molecule has 1 aromatic carbocycles. The van der Waals surface area contributed by atoms with Gasteiger partial charge in [-0.2, -0.15) is 13.2 Å². The van der Waals surface area contributed by atoms with Crippen molar-refractivity contribution in [2.24, 2.45) is 5.92 Å². The number of alkyl halides is 3. The van der Waals surface area contributed by atoms with Crippen molar-refractivity contribution >= 4 is 28.4 Å². The van der Waals surface area contributed by atoms with E-state index in [4.69, 9.17) is 4.74 Å². The Bertz CT molecular complexity index is 1030. The largest absolute Gasteiger partial charge is 0.444 e. The van der Waals surface area contributed by atoms with Gasteiger partial charge in [0.1, 0.15) is 11.3 Å². The topological polar surface area (TPSA) is 97.6 Å². The normalized spacial score (nSPS) is 15.5. The van der Waals surface area contributed by atoms with Crippen LogP contribution < -0.4 is 5.32 Å². The highest BCUT2D eigenvalue weighted by Crippen LogP contribution is 2.42. The second-order valence-electron chi connectivity index (χ2n) is 9.08. The van der Waals surface area contributed by atoms with Crippen molar-refractivity contribution in [3.8, 4) is 0 Å². The number of aromatic nitrogens is 1. The number of carbonyl (C=O) groups excluding carboxylic acids is 1. The molecule has 11 heteroatoms. The number of nitro groups is 1. The lowest BCUT2D eigenvalue weighted by Gasteiger charge is -2.33. The van der Waals surface area contributed by atoms with Crippen LogP contribution in [0.4, 0.5) is 29.3 Å². The first-order chi connectivity index (χ1) is 15.4. The number of para-hydroxylation sites is 1. The molecule has 2 heterocycles. The smallest absolute Gasteiger partial charge is 0.440 e. The van der Waals surface area contributed by atoms with Crippen LogP contribution in [-0.4, -0.2) is 46.1 Å². The van der Waals surface area contributed by atoms with E-state index >= 15 is 0 Å². The third-order valence-corrected chi connectivity index (χ3v) is 5.44. The van der Waals surface area contributed by atoms with E-state index in [0.717, 1.165) is 0 Å². The van der Waals surface area contributed by atoms with E-state index in [1.54, 1.807) is 31.7 Å². The maximum Gasteiger partial charge on any atom is 0.440 e. The highest BCUT2D eigenvalue weighted by atomic mass is 19.4. The number of fused-ring (bicyclic) bond motifs is 1. The van der Waals surface area contributed by atoms with Crippen molar-refractivity contribution in [1.29, 1.82) is 0 Å². The molecule has 0 aliphatic carbocycles. The first-order valence-corrected chi connectivity index (χ1v) is 10.7. The van der Waals surface area contributed by atoms with Gasteiger partial charge in [0.2, 0.25) is 5.69 Å². The summed E-state index contributed by atoms with van der Waals surface area (Å²) in [5.41, 5.74) is -3.30. The van der Waals surface area contributed by atoms with Crippen LogP contribution in [0.25, 0.3) is 10.9 Å². The zero-order valence-corrected chi connectivity index (χ0v) is 18.7. The molecule has 1 aliphatic rings. The van der Waals surface area contributed by atoms with Gasteiger partial charge in [-0.3, -0.25) is 10.1 Å². The van der Waals surface area contributed by atoms with Gasteiger partial charge in [-0.05, 0) is 52.0 Å².